The third-order valence-electron chi connectivity index (χ3n) is 4.16. The van der Waals surface area contributed by atoms with Crippen LogP contribution in [0.4, 0.5) is 0 Å². The zero-order valence-corrected chi connectivity index (χ0v) is 10.8. The maximum Gasteiger partial charge on any atom is 0.320 e. The second-order valence-electron chi connectivity index (χ2n) is 5.37. The van der Waals surface area contributed by atoms with Gasteiger partial charge in [-0.15, -0.1) is 0 Å². The van der Waals surface area contributed by atoms with E-state index >= 15 is 0 Å². The normalized spacial score (nSPS) is 32.2. The van der Waals surface area contributed by atoms with E-state index in [9.17, 15) is 13.2 Å². The lowest BCUT2D eigenvalue weighted by Gasteiger charge is -2.26. The van der Waals surface area contributed by atoms with Crippen LogP contribution in [0.3, 0.4) is 0 Å². The number of hydrogen-bond acceptors (Lipinski definition) is 3. The molecule has 2 fully saturated rings. The van der Waals surface area contributed by atoms with Gasteiger partial charge in [-0.05, 0) is 37.0 Å². The molecule has 0 radical (unpaired) electrons. The summed E-state index contributed by atoms with van der Waals surface area (Å²) >= 11 is 0. The zero-order valence-electron chi connectivity index (χ0n) is 10.0. The molecule has 2 bridgehead atoms. The first-order valence-electron chi connectivity index (χ1n) is 6.04. The number of fused-ring (bicyclic) bond motifs is 2. The monoisotopic (exact) mass is 261 g/mol. The van der Waals surface area contributed by atoms with E-state index in [4.69, 9.17) is 5.11 Å². The summed E-state index contributed by atoms with van der Waals surface area (Å²) in [5.41, 5.74) is 0. The molecule has 17 heavy (non-hydrogen) atoms. The fourth-order valence-electron chi connectivity index (χ4n) is 3.31. The van der Waals surface area contributed by atoms with Gasteiger partial charge in [0.25, 0.3) is 0 Å². The van der Waals surface area contributed by atoms with Crippen LogP contribution < -0.4 is 0 Å². The second kappa shape index (κ2) is 4.57. The smallest absolute Gasteiger partial charge is 0.320 e. The van der Waals surface area contributed by atoms with Crippen molar-refractivity contribution in [3.05, 3.63) is 0 Å². The van der Waals surface area contributed by atoms with Crippen LogP contribution in [-0.4, -0.2) is 43.1 Å². The van der Waals surface area contributed by atoms with Crippen LogP contribution in [0, 0.1) is 17.8 Å². The van der Waals surface area contributed by atoms with Crippen molar-refractivity contribution in [1.82, 2.24) is 4.31 Å². The summed E-state index contributed by atoms with van der Waals surface area (Å²) < 4.78 is 24.6. The Hall–Kier alpha value is -0.620. The SMILES string of the molecule is CN(CC1CC2CCC1C2)S(=O)(=O)CC(=O)O. The summed E-state index contributed by atoms with van der Waals surface area (Å²) in [7, 11) is -2.14. The third kappa shape index (κ3) is 2.80. The van der Waals surface area contributed by atoms with E-state index in [1.807, 2.05) is 0 Å². The van der Waals surface area contributed by atoms with Crippen LogP contribution in [-0.2, 0) is 14.8 Å². The van der Waals surface area contributed by atoms with E-state index in [-0.39, 0.29) is 0 Å². The van der Waals surface area contributed by atoms with Gasteiger partial charge in [-0.25, -0.2) is 12.7 Å². The molecular formula is C11H19NO4S. The predicted molar refractivity (Wildman–Crippen MR) is 63.0 cm³/mol. The first kappa shape index (κ1) is 12.8. The van der Waals surface area contributed by atoms with Crippen molar-refractivity contribution in [3.63, 3.8) is 0 Å². The minimum absolute atomic E-state index is 0.433. The van der Waals surface area contributed by atoms with Crippen molar-refractivity contribution < 1.29 is 18.3 Å². The maximum atomic E-state index is 11.7. The summed E-state index contributed by atoms with van der Waals surface area (Å²) in [6.07, 6.45) is 4.84. The van der Waals surface area contributed by atoms with E-state index in [1.54, 1.807) is 0 Å². The van der Waals surface area contributed by atoms with Gasteiger partial charge in [0.1, 0.15) is 0 Å². The number of carboxylic acids is 1. The zero-order chi connectivity index (χ0) is 12.6. The molecular weight excluding hydrogens is 242 g/mol. The number of hydrogen-bond donors (Lipinski definition) is 1. The van der Waals surface area contributed by atoms with Crippen LogP contribution in [0.1, 0.15) is 25.7 Å². The number of aliphatic carboxylic acids is 1. The number of rotatable bonds is 5. The minimum Gasteiger partial charge on any atom is -0.480 e. The van der Waals surface area contributed by atoms with Gasteiger partial charge in [0.15, 0.2) is 5.75 Å². The summed E-state index contributed by atoms with van der Waals surface area (Å²) in [6, 6.07) is 0. The molecule has 0 aromatic rings. The highest BCUT2D eigenvalue weighted by Crippen LogP contribution is 2.48. The molecule has 2 aliphatic rings. The topological polar surface area (TPSA) is 74.7 Å². The van der Waals surface area contributed by atoms with Crippen molar-refractivity contribution in [2.45, 2.75) is 25.7 Å². The van der Waals surface area contributed by atoms with Crippen molar-refractivity contribution in [3.8, 4) is 0 Å². The molecule has 0 heterocycles. The first-order chi connectivity index (χ1) is 7.88. The highest BCUT2D eigenvalue weighted by molar-refractivity contribution is 7.89. The largest absolute Gasteiger partial charge is 0.480 e. The second-order valence-corrected chi connectivity index (χ2v) is 7.44. The van der Waals surface area contributed by atoms with E-state index < -0.39 is 21.7 Å². The van der Waals surface area contributed by atoms with E-state index in [0.29, 0.717) is 18.4 Å². The maximum absolute atomic E-state index is 11.7. The van der Waals surface area contributed by atoms with Crippen LogP contribution in [0.15, 0.2) is 0 Å². The standard InChI is InChI=1S/C11H19NO4S/c1-12(17(15,16)7-11(13)14)6-10-5-8-2-3-9(10)4-8/h8-10H,2-7H2,1H3,(H,13,14). The molecule has 0 aliphatic heterocycles. The molecule has 3 unspecified atom stereocenters. The first-order valence-corrected chi connectivity index (χ1v) is 7.65. The molecule has 3 atom stereocenters. The van der Waals surface area contributed by atoms with Gasteiger partial charge in [-0.3, -0.25) is 4.79 Å². The quantitative estimate of drug-likeness (QED) is 0.793. The van der Waals surface area contributed by atoms with Crippen LogP contribution in [0.5, 0.6) is 0 Å². The van der Waals surface area contributed by atoms with Gasteiger partial charge in [0.05, 0.1) is 0 Å². The lowest BCUT2D eigenvalue weighted by Crippen LogP contribution is -2.37. The predicted octanol–water partition coefficient (Wildman–Crippen LogP) is 0.769. The molecule has 6 heteroatoms. The summed E-state index contributed by atoms with van der Waals surface area (Å²) in [5.74, 6) is -0.222. The van der Waals surface area contributed by atoms with Gasteiger partial charge >= 0.3 is 5.97 Å². The Morgan fingerprint density at radius 3 is 2.53 bits per heavy atom. The average molecular weight is 261 g/mol. The number of carboxylic acid groups (broad SMARTS) is 1. The molecule has 98 valence electrons. The molecule has 2 rings (SSSR count). The fraction of sp³-hybridized carbons (Fsp3) is 0.909. The van der Waals surface area contributed by atoms with Crippen molar-refractivity contribution >= 4 is 16.0 Å². The molecule has 0 spiro atoms. The lowest BCUT2D eigenvalue weighted by molar-refractivity contribution is -0.134. The minimum atomic E-state index is -3.63. The Balaban J connectivity index is 1.93. The summed E-state index contributed by atoms with van der Waals surface area (Å²) in [6.45, 7) is 0.483. The summed E-state index contributed by atoms with van der Waals surface area (Å²) in [4.78, 5) is 10.5. The fourth-order valence-corrected chi connectivity index (χ4v) is 4.26. The number of nitrogens with zero attached hydrogens (tertiary/aromatic N) is 1. The van der Waals surface area contributed by atoms with Gasteiger partial charge < -0.3 is 5.11 Å². The van der Waals surface area contributed by atoms with Gasteiger partial charge in [0, 0.05) is 13.6 Å². The van der Waals surface area contributed by atoms with Crippen molar-refractivity contribution in [2.24, 2.45) is 17.8 Å². The van der Waals surface area contributed by atoms with Crippen LogP contribution >= 0.6 is 0 Å². The molecule has 5 nitrogen and oxygen atoms in total. The third-order valence-corrected chi connectivity index (χ3v) is 5.87. The van der Waals surface area contributed by atoms with Crippen molar-refractivity contribution in [1.29, 1.82) is 0 Å². The van der Waals surface area contributed by atoms with Gasteiger partial charge in [0.2, 0.25) is 10.0 Å². The van der Waals surface area contributed by atoms with E-state index in [1.165, 1.54) is 30.6 Å². The van der Waals surface area contributed by atoms with Crippen molar-refractivity contribution in [2.75, 3.05) is 19.3 Å². The Bertz CT molecular complexity index is 406. The lowest BCUT2D eigenvalue weighted by atomic mass is 9.89. The van der Waals surface area contributed by atoms with E-state index in [2.05, 4.69) is 0 Å². The Morgan fingerprint density at radius 2 is 2.06 bits per heavy atom. The molecule has 2 saturated carbocycles. The Morgan fingerprint density at radius 1 is 1.35 bits per heavy atom. The van der Waals surface area contributed by atoms with E-state index in [0.717, 1.165) is 12.3 Å². The molecule has 0 aromatic heterocycles. The van der Waals surface area contributed by atoms with Gasteiger partial charge in [-0.1, -0.05) is 6.42 Å². The summed E-state index contributed by atoms with van der Waals surface area (Å²) in [5, 5.41) is 8.56. The molecule has 0 saturated heterocycles. The Kier molecular flexibility index (Phi) is 3.45. The Labute approximate surface area is 102 Å². The van der Waals surface area contributed by atoms with Gasteiger partial charge in [-0.2, -0.15) is 0 Å². The molecule has 1 N–H and O–H groups in total. The molecule has 0 aromatic carbocycles. The molecule has 2 aliphatic carbocycles. The number of sulfonamides is 1. The van der Waals surface area contributed by atoms with Crippen LogP contribution in [0.25, 0.3) is 0 Å². The highest BCUT2D eigenvalue weighted by Gasteiger charge is 2.40. The molecule has 0 amide bonds. The van der Waals surface area contributed by atoms with Crippen LogP contribution in [0.2, 0.25) is 0 Å². The number of carbonyl (C=O) groups is 1. The average Bonchev–Trinajstić information content (AvgIpc) is 2.76. The highest BCUT2D eigenvalue weighted by atomic mass is 32.2.